The number of likely N-dealkylation sites (tertiary alicyclic amines) is 1. The summed E-state index contributed by atoms with van der Waals surface area (Å²) >= 11 is 0. The molecule has 0 aromatic heterocycles. The van der Waals surface area contributed by atoms with Gasteiger partial charge in [0.2, 0.25) is 5.91 Å². The zero-order valence-electron chi connectivity index (χ0n) is 12.1. The molecule has 1 amide bonds. The fourth-order valence-electron chi connectivity index (χ4n) is 3.30. The zero-order valence-corrected chi connectivity index (χ0v) is 12.1. The Morgan fingerprint density at radius 1 is 1.53 bits per heavy atom. The molecule has 0 bridgehead atoms. The number of carbonyl (C=O) groups excluding carboxylic acids is 1. The van der Waals surface area contributed by atoms with Crippen molar-refractivity contribution in [3.8, 4) is 0 Å². The van der Waals surface area contributed by atoms with Gasteiger partial charge < -0.3 is 15.8 Å². The van der Waals surface area contributed by atoms with E-state index >= 15 is 0 Å². The van der Waals surface area contributed by atoms with E-state index in [0.29, 0.717) is 18.1 Å². The van der Waals surface area contributed by atoms with E-state index in [1.165, 1.54) is 0 Å². The van der Waals surface area contributed by atoms with Crippen LogP contribution in [0.2, 0.25) is 0 Å². The van der Waals surface area contributed by atoms with E-state index in [4.69, 9.17) is 10.5 Å². The number of nitrogens with zero attached hydrogens (tertiary/aromatic N) is 1. The van der Waals surface area contributed by atoms with Gasteiger partial charge in [-0.3, -0.25) is 9.69 Å². The van der Waals surface area contributed by atoms with Crippen molar-refractivity contribution in [1.29, 1.82) is 0 Å². The maximum absolute atomic E-state index is 11.4. The first-order valence-corrected chi connectivity index (χ1v) is 7.44. The lowest BCUT2D eigenvalue weighted by atomic mass is 9.90. The normalized spacial score (nSPS) is 34.9. The molecule has 0 aromatic carbocycles. The van der Waals surface area contributed by atoms with Crippen LogP contribution in [0.5, 0.6) is 0 Å². The van der Waals surface area contributed by atoms with Gasteiger partial charge in [0.15, 0.2) is 0 Å². The van der Waals surface area contributed by atoms with Crippen molar-refractivity contribution in [3.63, 3.8) is 0 Å². The molecular formula is C14H27N3O2. The number of hydrogen-bond acceptors (Lipinski definition) is 4. The van der Waals surface area contributed by atoms with E-state index in [1.807, 2.05) is 0 Å². The number of nitrogens with one attached hydrogen (secondary N) is 1. The Morgan fingerprint density at radius 3 is 2.95 bits per heavy atom. The average molecular weight is 269 g/mol. The summed E-state index contributed by atoms with van der Waals surface area (Å²) in [7, 11) is 0. The van der Waals surface area contributed by atoms with Crippen LogP contribution in [-0.4, -0.2) is 55.2 Å². The summed E-state index contributed by atoms with van der Waals surface area (Å²) in [6, 6.07) is 1.43. The van der Waals surface area contributed by atoms with E-state index in [-0.39, 0.29) is 11.8 Å². The number of morpholine rings is 1. The quantitative estimate of drug-likeness (QED) is 0.772. The molecule has 2 aliphatic heterocycles. The van der Waals surface area contributed by atoms with Crippen molar-refractivity contribution in [2.75, 3.05) is 26.3 Å². The van der Waals surface area contributed by atoms with Gasteiger partial charge in [0.25, 0.3) is 0 Å². The first kappa shape index (κ1) is 14.8. The molecule has 3 N–H and O–H groups in total. The first-order valence-electron chi connectivity index (χ1n) is 7.44. The van der Waals surface area contributed by atoms with Gasteiger partial charge in [0, 0.05) is 31.2 Å². The van der Waals surface area contributed by atoms with Crippen LogP contribution >= 0.6 is 0 Å². The van der Waals surface area contributed by atoms with Crippen LogP contribution in [0.1, 0.15) is 33.1 Å². The summed E-state index contributed by atoms with van der Waals surface area (Å²) in [6.45, 7) is 7.86. The number of hydrogen-bond donors (Lipinski definition) is 2. The van der Waals surface area contributed by atoms with Crippen LogP contribution in [0.25, 0.3) is 0 Å². The third kappa shape index (κ3) is 3.91. The minimum atomic E-state index is -0.150. The standard InChI is InChI=1S/C14H27N3O2/c1-10-3-4-12(14(15)18)8-17(10)11(2)7-13-9-19-6-5-16-13/h10-13,16H,3-9H2,1-2H3,(H2,15,18). The summed E-state index contributed by atoms with van der Waals surface area (Å²) in [5.41, 5.74) is 5.46. The monoisotopic (exact) mass is 269 g/mol. The molecule has 0 radical (unpaired) electrons. The van der Waals surface area contributed by atoms with Gasteiger partial charge in [0.1, 0.15) is 0 Å². The molecule has 5 nitrogen and oxygen atoms in total. The lowest BCUT2D eigenvalue weighted by Crippen LogP contribution is -2.52. The van der Waals surface area contributed by atoms with E-state index < -0.39 is 0 Å². The summed E-state index contributed by atoms with van der Waals surface area (Å²) in [4.78, 5) is 13.8. The lowest BCUT2D eigenvalue weighted by molar-refractivity contribution is -0.124. The van der Waals surface area contributed by atoms with Crippen LogP contribution in [0.3, 0.4) is 0 Å². The van der Waals surface area contributed by atoms with Gasteiger partial charge in [-0.15, -0.1) is 0 Å². The van der Waals surface area contributed by atoms with Crippen LogP contribution in [0.4, 0.5) is 0 Å². The Kier molecular flexibility index (Phi) is 5.19. The second kappa shape index (κ2) is 6.68. The molecule has 0 spiro atoms. The van der Waals surface area contributed by atoms with Crippen molar-refractivity contribution in [2.45, 2.75) is 51.2 Å². The molecule has 2 saturated heterocycles. The molecule has 2 aliphatic rings. The third-order valence-corrected chi connectivity index (χ3v) is 4.52. The molecule has 2 rings (SSSR count). The van der Waals surface area contributed by atoms with Crippen LogP contribution in [0, 0.1) is 5.92 Å². The Hall–Kier alpha value is -0.650. The van der Waals surface area contributed by atoms with Gasteiger partial charge in [-0.05, 0) is 33.1 Å². The topological polar surface area (TPSA) is 67.6 Å². The predicted octanol–water partition coefficient (Wildman–Crippen LogP) is 0.339. The average Bonchev–Trinajstić information content (AvgIpc) is 2.40. The molecule has 4 atom stereocenters. The van der Waals surface area contributed by atoms with Crippen molar-refractivity contribution >= 4 is 5.91 Å². The second-order valence-corrected chi connectivity index (χ2v) is 6.03. The molecular weight excluding hydrogens is 242 g/mol. The van der Waals surface area contributed by atoms with Gasteiger partial charge in [-0.2, -0.15) is 0 Å². The predicted molar refractivity (Wildman–Crippen MR) is 74.8 cm³/mol. The third-order valence-electron chi connectivity index (χ3n) is 4.52. The molecule has 110 valence electrons. The fraction of sp³-hybridized carbons (Fsp3) is 0.929. The van der Waals surface area contributed by atoms with Crippen molar-refractivity contribution in [3.05, 3.63) is 0 Å². The number of piperidine rings is 1. The molecule has 2 heterocycles. The number of rotatable bonds is 4. The smallest absolute Gasteiger partial charge is 0.221 e. The Morgan fingerprint density at radius 2 is 2.32 bits per heavy atom. The molecule has 0 aromatic rings. The van der Waals surface area contributed by atoms with E-state index in [9.17, 15) is 4.79 Å². The number of primary amides is 1. The highest BCUT2D eigenvalue weighted by molar-refractivity contribution is 5.77. The molecule has 2 fully saturated rings. The van der Waals surface area contributed by atoms with Crippen LogP contribution in [0.15, 0.2) is 0 Å². The van der Waals surface area contributed by atoms with E-state index in [0.717, 1.165) is 45.6 Å². The SMILES string of the molecule is CC1CCC(C(N)=O)CN1C(C)CC1COCCN1. The second-order valence-electron chi connectivity index (χ2n) is 6.03. The Balaban J connectivity index is 1.88. The maximum Gasteiger partial charge on any atom is 0.221 e. The lowest BCUT2D eigenvalue weighted by Gasteiger charge is -2.42. The summed E-state index contributed by atoms with van der Waals surface area (Å²) in [6.07, 6.45) is 3.06. The minimum absolute atomic E-state index is 0.0224. The highest BCUT2D eigenvalue weighted by Gasteiger charge is 2.32. The number of amides is 1. The van der Waals surface area contributed by atoms with E-state index in [1.54, 1.807) is 0 Å². The maximum atomic E-state index is 11.4. The molecule has 0 saturated carbocycles. The first-order chi connectivity index (χ1) is 9.08. The molecule has 19 heavy (non-hydrogen) atoms. The number of nitrogens with two attached hydrogens (primary N) is 1. The molecule has 4 unspecified atom stereocenters. The number of ether oxygens (including phenoxy) is 1. The van der Waals surface area contributed by atoms with Crippen molar-refractivity contribution in [1.82, 2.24) is 10.2 Å². The molecule has 5 heteroatoms. The van der Waals surface area contributed by atoms with Crippen LogP contribution in [-0.2, 0) is 9.53 Å². The summed E-state index contributed by atoms with van der Waals surface area (Å²) < 4.78 is 5.50. The highest BCUT2D eigenvalue weighted by atomic mass is 16.5. The van der Waals surface area contributed by atoms with Crippen molar-refractivity contribution in [2.24, 2.45) is 11.7 Å². The largest absolute Gasteiger partial charge is 0.379 e. The van der Waals surface area contributed by atoms with Gasteiger partial charge in [0.05, 0.1) is 19.1 Å². The van der Waals surface area contributed by atoms with Gasteiger partial charge in [-0.1, -0.05) is 0 Å². The Labute approximate surface area is 115 Å². The summed E-state index contributed by atoms with van der Waals surface area (Å²) in [5, 5.41) is 3.49. The minimum Gasteiger partial charge on any atom is -0.379 e. The Bertz CT molecular complexity index is 305. The molecule has 0 aliphatic carbocycles. The fourth-order valence-corrected chi connectivity index (χ4v) is 3.30. The zero-order chi connectivity index (χ0) is 13.8. The van der Waals surface area contributed by atoms with Crippen LogP contribution < -0.4 is 11.1 Å². The van der Waals surface area contributed by atoms with Crippen molar-refractivity contribution < 1.29 is 9.53 Å². The van der Waals surface area contributed by atoms with Gasteiger partial charge in [-0.25, -0.2) is 0 Å². The highest BCUT2D eigenvalue weighted by Crippen LogP contribution is 2.25. The van der Waals surface area contributed by atoms with E-state index in [2.05, 4.69) is 24.1 Å². The van der Waals surface area contributed by atoms with Gasteiger partial charge >= 0.3 is 0 Å². The summed E-state index contributed by atoms with van der Waals surface area (Å²) in [5.74, 6) is -0.127. The number of carbonyl (C=O) groups is 1.